The number of likely N-dealkylation sites (tertiary alicyclic amines) is 2. The number of ether oxygens (including phenoxy) is 3. The van der Waals surface area contributed by atoms with Crippen LogP contribution in [0.25, 0.3) is 0 Å². The number of nitrogens with zero attached hydrogens (tertiary/aromatic N) is 2. The number of amides is 4. The Balaban J connectivity index is 1.56. The van der Waals surface area contributed by atoms with Crippen molar-refractivity contribution in [1.29, 1.82) is 0 Å². The van der Waals surface area contributed by atoms with Gasteiger partial charge in [-0.25, -0.2) is 18.0 Å². The zero-order valence-electron chi connectivity index (χ0n) is 35.1. The highest BCUT2D eigenvalue weighted by molar-refractivity contribution is 7.89. The van der Waals surface area contributed by atoms with E-state index >= 15 is 0 Å². The summed E-state index contributed by atoms with van der Waals surface area (Å²) in [5.41, 5.74) is -0.314. The second-order valence-corrected chi connectivity index (χ2v) is 19.0. The number of esters is 1. The minimum Gasteiger partial charge on any atom is -0.465 e. The van der Waals surface area contributed by atoms with Gasteiger partial charge < -0.3 is 34.6 Å². The molecular weight excluding hydrogens is 755 g/mol. The second-order valence-electron chi connectivity index (χ2n) is 17.2. The summed E-state index contributed by atoms with van der Waals surface area (Å²) in [6, 6.07) is 7.73. The topological polar surface area (TPSA) is 190 Å². The second kappa shape index (κ2) is 22.3. The molecule has 1 aromatic rings. The highest BCUT2D eigenvalue weighted by Gasteiger charge is 2.31. The fraction of sp³-hybridized carbons (Fsp3) is 0.732. The van der Waals surface area contributed by atoms with Crippen LogP contribution in [0, 0.1) is 17.8 Å². The lowest BCUT2D eigenvalue weighted by Crippen LogP contribution is -2.51. The van der Waals surface area contributed by atoms with E-state index in [-0.39, 0.29) is 55.9 Å². The van der Waals surface area contributed by atoms with Crippen molar-refractivity contribution in [3.8, 4) is 0 Å². The maximum Gasteiger partial charge on any atom is 0.410 e. The molecule has 16 heteroatoms. The van der Waals surface area contributed by atoms with Crippen LogP contribution in [0.2, 0.25) is 0 Å². The predicted octanol–water partition coefficient (Wildman–Crippen LogP) is 4.78. The number of carbonyl (C=O) groups excluding carboxylic acids is 5. The van der Waals surface area contributed by atoms with Crippen molar-refractivity contribution in [2.75, 3.05) is 51.6 Å². The normalized spacial score (nSPS) is 16.5. The zero-order chi connectivity index (χ0) is 42.2. The Morgan fingerprint density at radius 3 is 1.72 bits per heavy atom. The van der Waals surface area contributed by atoms with Crippen LogP contribution in [0.15, 0.2) is 30.3 Å². The minimum atomic E-state index is -3.91. The molecule has 0 aliphatic carbocycles. The van der Waals surface area contributed by atoms with Gasteiger partial charge in [-0.15, -0.1) is 0 Å². The first kappa shape index (κ1) is 47.5. The van der Waals surface area contributed by atoms with Crippen molar-refractivity contribution in [3.63, 3.8) is 0 Å². The first-order chi connectivity index (χ1) is 26.7. The lowest BCUT2D eigenvalue weighted by Gasteiger charge is -2.34. The van der Waals surface area contributed by atoms with Crippen molar-refractivity contribution < 1.29 is 46.6 Å². The van der Waals surface area contributed by atoms with Gasteiger partial charge in [-0.2, -0.15) is 4.72 Å². The average Bonchev–Trinajstić information content (AvgIpc) is 3.14. The van der Waals surface area contributed by atoms with Crippen LogP contribution in [-0.4, -0.2) is 117 Å². The van der Waals surface area contributed by atoms with Gasteiger partial charge in [-0.3, -0.25) is 14.4 Å². The standard InChI is InChI=1S/C41H67N5O10S/c1-8-54-37(49)34(44-57(52,53)27-22-30-12-10-9-11-13-30)28-42-35(47)29-43-36(48)33(16-14-31-18-23-45(24-19-31)38(50)55-40(2,3)4)17-15-32-20-25-46(26-21-32)39(51)56-41(5,6)7/h9-13,31-34,44H,8,14-29H2,1-7H3,(H,42,47)(H,43,48)/t34-/m0/s1. The summed E-state index contributed by atoms with van der Waals surface area (Å²) in [4.78, 5) is 67.9. The van der Waals surface area contributed by atoms with Gasteiger partial charge in [0.15, 0.2) is 0 Å². The summed E-state index contributed by atoms with van der Waals surface area (Å²) in [7, 11) is -3.91. The number of aryl methyl sites for hydroxylation is 1. The van der Waals surface area contributed by atoms with E-state index in [4.69, 9.17) is 14.2 Å². The van der Waals surface area contributed by atoms with Crippen LogP contribution in [0.3, 0.4) is 0 Å². The molecule has 15 nitrogen and oxygen atoms in total. The SMILES string of the molecule is CCOC(=O)[C@H](CNC(=O)CNC(=O)C(CCC1CCN(C(=O)OC(C)(C)C)CC1)CCC1CCN(C(=O)OC(C)(C)C)CC1)NS(=O)(=O)CCc1ccccc1. The quantitative estimate of drug-likeness (QED) is 0.137. The lowest BCUT2D eigenvalue weighted by molar-refractivity contribution is -0.145. The molecule has 0 unspecified atom stereocenters. The summed E-state index contributed by atoms with van der Waals surface area (Å²) in [6.07, 6.45) is 5.60. The molecule has 0 bridgehead atoms. The maximum absolute atomic E-state index is 13.7. The highest BCUT2D eigenvalue weighted by Crippen LogP contribution is 2.30. The molecule has 4 amide bonds. The van der Waals surface area contributed by atoms with Gasteiger partial charge >= 0.3 is 18.2 Å². The molecule has 322 valence electrons. The van der Waals surface area contributed by atoms with Crippen molar-refractivity contribution in [2.45, 2.75) is 123 Å². The molecule has 0 aromatic heterocycles. The molecule has 3 rings (SSSR count). The molecule has 0 saturated carbocycles. The number of benzene rings is 1. The number of rotatable bonds is 18. The Morgan fingerprint density at radius 2 is 1.26 bits per heavy atom. The number of hydrogen-bond acceptors (Lipinski definition) is 10. The van der Waals surface area contributed by atoms with Crippen LogP contribution in [-0.2, 0) is 45.0 Å². The van der Waals surface area contributed by atoms with Gasteiger partial charge in [0.05, 0.1) is 18.9 Å². The molecule has 1 atom stereocenters. The van der Waals surface area contributed by atoms with E-state index in [1.54, 1.807) is 16.7 Å². The van der Waals surface area contributed by atoms with Gasteiger partial charge in [0.25, 0.3) is 0 Å². The molecule has 1 aromatic carbocycles. The Hall–Kier alpha value is -3.92. The Kier molecular flexibility index (Phi) is 18.6. The summed E-state index contributed by atoms with van der Waals surface area (Å²) in [5, 5.41) is 5.33. The van der Waals surface area contributed by atoms with Gasteiger partial charge in [0.2, 0.25) is 21.8 Å². The Morgan fingerprint density at radius 1 is 0.772 bits per heavy atom. The lowest BCUT2D eigenvalue weighted by atomic mass is 9.84. The van der Waals surface area contributed by atoms with Crippen molar-refractivity contribution >= 4 is 40.0 Å². The molecule has 0 spiro atoms. The predicted molar refractivity (Wildman–Crippen MR) is 217 cm³/mol. The third kappa shape index (κ3) is 18.5. The number of nitrogens with one attached hydrogen (secondary N) is 3. The first-order valence-corrected chi connectivity index (χ1v) is 22.1. The smallest absolute Gasteiger partial charge is 0.410 e. The largest absolute Gasteiger partial charge is 0.465 e. The fourth-order valence-corrected chi connectivity index (χ4v) is 8.16. The zero-order valence-corrected chi connectivity index (χ0v) is 35.9. The number of hydrogen-bond donors (Lipinski definition) is 3. The average molecular weight is 822 g/mol. The maximum atomic E-state index is 13.7. The first-order valence-electron chi connectivity index (χ1n) is 20.4. The monoisotopic (exact) mass is 821 g/mol. The van der Waals surface area contributed by atoms with E-state index in [9.17, 15) is 32.4 Å². The number of sulfonamides is 1. The van der Waals surface area contributed by atoms with Crippen molar-refractivity contribution in [1.82, 2.24) is 25.2 Å². The molecule has 2 fully saturated rings. The number of piperidine rings is 2. The van der Waals surface area contributed by atoms with Gasteiger partial charge in [-0.1, -0.05) is 30.3 Å². The molecule has 2 aliphatic rings. The molecule has 3 N–H and O–H groups in total. The van der Waals surface area contributed by atoms with Crippen LogP contribution in [0.1, 0.15) is 105 Å². The summed E-state index contributed by atoms with van der Waals surface area (Å²) in [6.45, 7) is 14.3. The third-order valence-electron chi connectivity index (χ3n) is 10.1. The van der Waals surface area contributed by atoms with Crippen molar-refractivity contribution in [2.24, 2.45) is 17.8 Å². The van der Waals surface area contributed by atoms with E-state index < -0.39 is 39.1 Å². The van der Waals surface area contributed by atoms with Crippen LogP contribution < -0.4 is 15.4 Å². The van der Waals surface area contributed by atoms with E-state index in [0.29, 0.717) is 50.9 Å². The molecule has 0 radical (unpaired) electrons. The van der Waals surface area contributed by atoms with Gasteiger partial charge in [0.1, 0.15) is 17.2 Å². The van der Waals surface area contributed by atoms with E-state index in [1.807, 2.05) is 71.9 Å². The van der Waals surface area contributed by atoms with E-state index in [1.165, 1.54) is 0 Å². The summed E-state index contributed by atoms with van der Waals surface area (Å²) >= 11 is 0. The van der Waals surface area contributed by atoms with Gasteiger partial charge in [-0.05, 0) is 124 Å². The van der Waals surface area contributed by atoms with Crippen molar-refractivity contribution in [3.05, 3.63) is 35.9 Å². The highest BCUT2D eigenvalue weighted by atomic mass is 32.2. The molecule has 2 aliphatic heterocycles. The van der Waals surface area contributed by atoms with E-state index in [2.05, 4.69) is 15.4 Å². The third-order valence-corrected chi connectivity index (χ3v) is 11.5. The van der Waals surface area contributed by atoms with Crippen LogP contribution in [0.5, 0.6) is 0 Å². The summed E-state index contributed by atoms with van der Waals surface area (Å²) in [5.74, 6) is -1.63. The fourth-order valence-electron chi connectivity index (χ4n) is 6.92. The molecular formula is C41H67N5O10S. The van der Waals surface area contributed by atoms with E-state index in [0.717, 1.165) is 44.1 Å². The van der Waals surface area contributed by atoms with Gasteiger partial charge in [0, 0.05) is 38.6 Å². The minimum absolute atomic E-state index is 0.0260. The molecule has 2 heterocycles. The van der Waals surface area contributed by atoms with Crippen LogP contribution in [0.4, 0.5) is 9.59 Å². The number of carbonyl (C=O) groups is 5. The van der Waals surface area contributed by atoms with Crippen LogP contribution >= 0.6 is 0 Å². The molecule has 57 heavy (non-hydrogen) atoms. The Labute approximate surface area is 339 Å². The summed E-state index contributed by atoms with van der Waals surface area (Å²) < 4.78 is 44.2. The Bertz CT molecular complexity index is 1510. The molecule has 2 saturated heterocycles.